The Balaban J connectivity index is 2.36. The van der Waals surface area contributed by atoms with E-state index in [1.165, 1.54) is 21.3 Å². The molecule has 0 heterocycles. The maximum absolute atomic E-state index is 13.3. The smallest absolute Gasteiger partial charge is 0.269 e. The van der Waals surface area contributed by atoms with E-state index in [-0.39, 0.29) is 30.4 Å². The van der Waals surface area contributed by atoms with Crippen molar-refractivity contribution < 1.29 is 28.6 Å². The van der Waals surface area contributed by atoms with Crippen LogP contribution < -0.4 is 19.5 Å². The molecule has 0 fully saturated rings. The molecule has 0 saturated heterocycles. The minimum Gasteiger partial charge on any atom is -0.493 e. The van der Waals surface area contributed by atoms with Crippen LogP contribution in [0.2, 0.25) is 0 Å². The van der Waals surface area contributed by atoms with E-state index in [1.54, 1.807) is 19.1 Å². The van der Waals surface area contributed by atoms with Gasteiger partial charge in [-0.05, 0) is 23.6 Å². The van der Waals surface area contributed by atoms with Gasteiger partial charge in [-0.2, -0.15) is 0 Å². The van der Waals surface area contributed by atoms with E-state index in [0.717, 1.165) is 5.56 Å². The Labute approximate surface area is 207 Å². The molecule has 0 aliphatic rings. The second-order valence-corrected chi connectivity index (χ2v) is 8.44. The fraction of sp³-hybridized carbons (Fsp3) is 0.444. The molecule has 1 atom stereocenters. The van der Waals surface area contributed by atoms with Crippen LogP contribution in [-0.4, -0.2) is 38.7 Å². The van der Waals surface area contributed by atoms with Gasteiger partial charge in [0.05, 0.1) is 27.4 Å². The average Bonchev–Trinajstić information content (AvgIpc) is 2.86. The number of amides is 1. The van der Waals surface area contributed by atoms with Gasteiger partial charge in [-0.1, -0.05) is 56.3 Å². The van der Waals surface area contributed by atoms with Crippen LogP contribution in [0, 0.1) is 5.92 Å². The molecule has 8 nitrogen and oxygen atoms in total. The third-order valence-corrected chi connectivity index (χ3v) is 5.35. The molecule has 8 heteroatoms. The highest BCUT2D eigenvalue weighted by atomic mass is 16.6. The maximum Gasteiger partial charge on any atom is 0.269 e. The van der Waals surface area contributed by atoms with Crippen LogP contribution in [0.4, 0.5) is 0 Å². The van der Waals surface area contributed by atoms with Crippen molar-refractivity contribution in [1.82, 2.24) is 5.32 Å². The molecule has 2 aromatic rings. The van der Waals surface area contributed by atoms with Crippen LogP contribution in [0.1, 0.15) is 57.2 Å². The molecule has 0 bridgehead atoms. The first kappa shape index (κ1) is 27.7. The minimum atomic E-state index is -0.656. The molecule has 1 amide bonds. The van der Waals surface area contributed by atoms with E-state index < -0.39 is 11.9 Å². The lowest BCUT2D eigenvalue weighted by atomic mass is 9.97. The van der Waals surface area contributed by atoms with Crippen molar-refractivity contribution in [1.29, 1.82) is 0 Å². The highest BCUT2D eigenvalue weighted by Gasteiger charge is 2.27. The van der Waals surface area contributed by atoms with Crippen molar-refractivity contribution in [3.63, 3.8) is 0 Å². The second-order valence-electron chi connectivity index (χ2n) is 8.44. The van der Waals surface area contributed by atoms with Crippen molar-refractivity contribution in [2.45, 2.75) is 52.7 Å². The van der Waals surface area contributed by atoms with Gasteiger partial charge in [-0.3, -0.25) is 9.59 Å². The summed E-state index contributed by atoms with van der Waals surface area (Å²) in [5, 5.41) is 7.12. The van der Waals surface area contributed by atoms with E-state index in [2.05, 4.69) is 10.5 Å². The van der Waals surface area contributed by atoms with E-state index in [1.807, 2.05) is 44.2 Å². The summed E-state index contributed by atoms with van der Waals surface area (Å²) in [6, 6.07) is 12.4. The molecule has 35 heavy (non-hydrogen) atoms. The van der Waals surface area contributed by atoms with Crippen molar-refractivity contribution in [3.8, 4) is 17.2 Å². The summed E-state index contributed by atoms with van der Waals surface area (Å²) in [6.45, 7) is 6.03. The van der Waals surface area contributed by atoms with Gasteiger partial charge in [0.1, 0.15) is 18.1 Å². The van der Waals surface area contributed by atoms with Crippen LogP contribution in [-0.2, 0) is 21.0 Å². The zero-order valence-electron chi connectivity index (χ0n) is 21.4. The summed E-state index contributed by atoms with van der Waals surface area (Å²) in [4.78, 5) is 31.3. The van der Waals surface area contributed by atoms with Crippen LogP contribution in [0.3, 0.4) is 0 Å². The number of methoxy groups -OCH3 is 3. The summed E-state index contributed by atoms with van der Waals surface area (Å²) >= 11 is 0. The van der Waals surface area contributed by atoms with E-state index in [4.69, 9.17) is 19.0 Å². The maximum atomic E-state index is 13.3. The number of ether oxygens (including phenoxy) is 3. The van der Waals surface area contributed by atoms with E-state index >= 15 is 0 Å². The van der Waals surface area contributed by atoms with Gasteiger partial charge < -0.3 is 24.4 Å². The number of rotatable bonds is 14. The zero-order chi connectivity index (χ0) is 25.8. The van der Waals surface area contributed by atoms with Gasteiger partial charge in [0, 0.05) is 24.8 Å². The highest BCUT2D eigenvalue weighted by Crippen LogP contribution is 2.42. The quantitative estimate of drug-likeness (QED) is 0.304. The minimum absolute atomic E-state index is 0.00480. The predicted octanol–water partition coefficient (Wildman–Crippen LogP) is 4.86. The molecule has 0 aliphatic carbocycles. The van der Waals surface area contributed by atoms with Crippen LogP contribution in [0.15, 0.2) is 47.6 Å². The number of carbonyl (C=O) groups excluding carboxylic acids is 2. The number of carbonyl (C=O) groups is 2. The standard InChI is InChI=1S/C27H36N2O6/c1-7-20(30)16-22(21-13-14-24(32-4)26(34-6)25(21)33-5)28-27(31)23(15-18(2)3)29-35-17-19-11-9-8-10-12-19/h8-14,18,22H,7,15-17H2,1-6H3,(H,28,31)/b29-23+. The molecule has 0 radical (unpaired) electrons. The number of hydrogen-bond acceptors (Lipinski definition) is 7. The molecule has 190 valence electrons. The molecule has 2 aromatic carbocycles. The molecular formula is C27H36N2O6. The normalized spacial score (nSPS) is 12.1. The Hall–Kier alpha value is -3.55. The van der Waals surface area contributed by atoms with Crippen molar-refractivity contribution in [2.24, 2.45) is 11.1 Å². The Morgan fingerprint density at radius 1 is 0.914 bits per heavy atom. The van der Waals surface area contributed by atoms with Gasteiger partial charge in [-0.15, -0.1) is 0 Å². The summed E-state index contributed by atoms with van der Waals surface area (Å²) < 4.78 is 16.5. The summed E-state index contributed by atoms with van der Waals surface area (Å²) in [7, 11) is 4.54. The van der Waals surface area contributed by atoms with E-state index in [0.29, 0.717) is 35.7 Å². The predicted molar refractivity (Wildman–Crippen MR) is 135 cm³/mol. The SMILES string of the molecule is CCC(=O)CC(NC(=O)/C(CC(C)C)=N/OCc1ccccc1)c1ccc(OC)c(OC)c1OC. The van der Waals surface area contributed by atoms with Crippen LogP contribution in [0.25, 0.3) is 0 Å². The first-order chi connectivity index (χ1) is 16.8. The third-order valence-electron chi connectivity index (χ3n) is 5.35. The van der Waals surface area contributed by atoms with Crippen molar-refractivity contribution in [2.75, 3.05) is 21.3 Å². The Morgan fingerprint density at radius 2 is 1.60 bits per heavy atom. The fourth-order valence-corrected chi connectivity index (χ4v) is 3.57. The van der Waals surface area contributed by atoms with Gasteiger partial charge >= 0.3 is 0 Å². The second kappa shape index (κ2) is 14.0. The van der Waals surface area contributed by atoms with Gasteiger partial charge in [0.2, 0.25) is 5.75 Å². The molecule has 1 unspecified atom stereocenters. The monoisotopic (exact) mass is 484 g/mol. The first-order valence-electron chi connectivity index (χ1n) is 11.7. The highest BCUT2D eigenvalue weighted by molar-refractivity contribution is 6.38. The molecule has 2 rings (SSSR count). The van der Waals surface area contributed by atoms with Crippen molar-refractivity contribution in [3.05, 3.63) is 53.6 Å². The lowest BCUT2D eigenvalue weighted by Gasteiger charge is -2.23. The summed E-state index contributed by atoms with van der Waals surface area (Å²) in [6.07, 6.45) is 0.848. The zero-order valence-corrected chi connectivity index (χ0v) is 21.4. The lowest BCUT2D eigenvalue weighted by Crippen LogP contribution is -2.36. The Bertz CT molecular complexity index is 1000. The number of oxime groups is 1. The lowest BCUT2D eigenvalue weighted by molar-refractivity contribution is -0.120. The molecular weight excluding hydrogens is 448 g/mol. The first-order valence-corrected chi connectivity index (χ1v) is 11.7. The van der Waals surface area contributed by atoms with Crippen molar-refractivity contribution >= 4 is 17.4 Å². The molecule has 0 saturated carbocycles. The summed E-state index contributed by atoms with van der Waals surface area (Å²) in [5.41, 5.74) is 1.81. The molecule has 0 aromatic heterocycles. The van der Waals surface area contributed by atoms with Gasteiger partial charge in [-0.25, -0.2) is 0 Å². The number of Topliss-reactive ketones (excluding diaryl/α,β-unsaturated/α-hetero) is 1. The Kier molecular flexibility index (Phi) is 11.1. The fourth-order valence-electron chi connectivity index (χ4n) is 3.57. The topological polar surface area (TPSA) is 95.5 Å². The number of nitrogens with one attached hydrogen (secondary N) is 1. The molecule has 0 aliphatic heterocycles. The molecule has 0 spiro atoms. The Morgan fingerprint density at radius 3 is 2.17 bits per heavy atom. The number of benzene rings is 2. The number of nitrogens with zero attached hydrogens (tertiary/aromatic N) is 1. The van der Waals surface area contributed by atoms with Crippen LogP contribution in [0.5, 0.6) is 17.2 Å². The number of hydrogen-bond donors (Lipinski definition) is 1. The van der Waals surface area contributed by atoms with Gasteiger partial charge in [0.15, 0.2) is 11.5 Å². The molecule has 1 N–H and O–H groups in total. The average molecular weight is 485 g/mol. The van der Waals surface area contributed by atoms with E-state index in [9.17, 15) is 9.59 Å². The largest absolute Gasteiger partial charge is 0.493 e. The van der Waals surface area contributed by atoms with Crippen LogP contribution >= 0.6 is 0 Å². The number of ketones is 1. The third kappa shape index (κ3) is 8.02. The van der Waals surface area contributed by atoms with Gasteiger partial charge in [0.25, 0.3) is 5.91 Å². The summed E-state index contributed by atoms with van der Waals surface area (Å²) in [5.74, 6) is 1.02.